The first kappa shape index (κ1) is 21.9. The van der Waals surface area contributed by atoms with Gasteiger partial charge in [0, 0.05) is 11.8 Å². The van der Waals surface area contributed by atoms with Crippen LogP contribution in [0.15, 0.2) is 71.8 Å². The van der Waals surface area contributed by atoms with Crippen LogP contribution in [0.5, 0.6) is 5.75 Å². The third-order valence-corrected chi connectivity index (χ3v) is 7.75. The number of benzene rings is 2. The van der Waals surface area contributed by atoms with Crippen LogP contribution >= 0.6 is 11.3 Å². The summed E-state index contributed by atoms with van der Waals surface area (Å²) < 4.78 is 30.5. The predicted octanol–water partition coefficient (Wildman–Crippen LogP) is 4.34. The molecule has 0 N–H and O–H groups in total. The van der Waals surface area contributed by atoms with Gasteiger partial charge in [-0.3, -0.25) is 14.7 Å². The number of carbonyl (C=O) groups is 1. The molecular weight excluding hydrogens is 446 g/mol. The lowest BCUT2D eigenvalue weighted by atomic mass is 10.2. The molecule has 0 saturated heterocycles. The number of hydrogen-bond acceptors (Lipinski definition) is 7. The highest BCUT2D eigenvalue weighted by Crippen LogP contribution is 2.35. The Morgan fingerprint density at radius 1 is 1.06 bits per heavy atom. The zero-order valence-electron chi connectivity index (χ0n) is 17.6. The lowest BCUT2D eigenvalue weighted by molar-refractivity contribution is 0.0984. The Kier molecular flexibility index (Phi) is 6.20. The van der Waals surface area contributed by atoms with Crippen molar-refractivity contribution in [2.24, 2.45) is 0 Å². The highest BCUT2D eigenvalue weighted by Gasteiger charge is 2.23. The second kappa shape index (κ2) is 9.05. The molecule has 0 saturated carbocycles. The molecule has 0 fully saturated rings. The van der Waals surface area contributed by atoms with Crippen LogP contribution in [0.1, 0.15) is 23.0 Å². The van der Waals surface area contributed by atoms with E-state index in [4.69, 9.17) is 4.74 Å². The van der Waals surface area contributed by atoms with E-state index in [0.717, 1.165) is 4.70 Å². The number of pyridine rings is 1. The summed E-state index contributed by atoms with van der Waals surface area (Å²) in [5.74, 6) is 0.332. The molecule has 7 nitrogen and oxygen atoms in total. The summed E-state index contributed by atoms with van der Waals surface area (Å²) in [6, 6.07) is 17.1. The smallest absolute Gasteiger partial charge is 0.260 e. The number of amides is 1. The number of nitrogens with zero attached hydrogens (tertiary/aromatic N) is 3. The number of rotatable bonds is 7. The lowest BCUT2D eigenvalue weighted by Crippen LogP contribution is -2.30. The second-order valence-electron chi connectivity index (χ2n) is 6.94. The van der Waals surface area contributed by atoms with Crippen LogP contribution in [0.3, 0.4) is 0 Å². The van der Waals surface area contributed by atoms with E-state index in [9.17, 15) is 13.2 Å². The molecule has 0 spiro atoms. The molecule has 4 aromatic rings. The van der Waals surface area contributed by atoms with Crippen LogP contribution in [0, 0.1) is 0 Å². The average Bonchev–Trinajstić information content (AvgIpc) is 3.27. The van der Waals surface area contributed by atoms with Crippen molar-refractivity contribution in [3.8, 4) is 5.75 Å². The molecule has 2 heterocycles. The van der Waals surface area contributed by atoms with Gasteiger partial charge in [0.2, 0.25) is 0 Å². The molecule has 0 atom stereocenters. The first-order valence-electron chi connectivity index (χ1n) is 9.91. The number of aromatic nitrogens is 2. The zero-order chi connectivity index (χ0) is 22.7. The van der Waals surface area contributed by atoms with E-state index < -0.39 is 9.84 Å². The summed E-state index contributed by atoms with van der Waals surface area (Å²) in [7, 11) is -1.77. The van der Waals surface area contributed by atoms with Gasteiger partial charge in [0.25, 0.3) is 5.91 Å². The van der Waals surface area contributed by atoms with Crippen LogP contribution in [0.25, 0.3) is 10.2 Å². The summed E-state index contributed by atoms with van der Waals surface area (Å²) >= 11 is 1.38. The minimum Gasteiger partial charge on any atom is -0.494 e. The zero-order valence-corrected chi connectivity index (χ0v) is 19.2. The van der Waals surface area contributed by atoms with Gasteiger partial charge in [-0.1, -0.05) is 30.4 Å². The number of methoxy groups -OCH3 is 1. The van der Waals surface area contributed by atoms with Crippen molar-refractivity contribution in [1.29, 1.82) is 0 Å². The predicted molar refractivity (Wildman–Crippen MR) is 125 cm³/mol. The Hall–Kier alpha value is -3.30. The summed E-state index contributed by atoms with van der Waals surface area (Å²) in [6.45, 7) is 1.81. The molecule has 1 amide bonds. The van der Waals surface area contributed by atoms with Crippen LogP contribution in [-0.4, -0.2) is 37.2 Å². The van der Waals surface area contributed by atoms with Crippen molar-refractivity contribution in [1.82, 2.24) is 9.97 Å². The van der Waals surface area contributed by atoms with E-state index >= 15 is 0 Å². The van der Waals surface area contributed by atoms with Gasteiger partial charge in [0.15, 0.2) is 15.0 Å². The molecule has 2 aromatic carbocycles. The first-order chi connectivity index (χ1) is 15.4. The highest BCUT2D eigenvalue weighted by molar-refractivity contribution is 7.91. The molecule has 0 bridgehead atoms. The number of anilines is 1. The van der Waals surface area contributed by atoms with E-state index in [2.05, 4.69) is 9.97 Å². The summed E-state index contributed by atoms with van der Waals surface area (Å²) in [5.41, 5.74) is 1.75. The quantitative estimate of drug-likeness (QED) is 0.402. The Bertz CT molecular complexity index is 1350. The molecule has 164 valence electrons. The van der Waals surface area contributed by atoms with Crippen molar-refractivity contribution in [3.63, 3.8) is 0 Å². The molecule has 0 aliphatic carbocycles. The van der Waals surface area contributed by atoms with Crippen molar-refractivity contribution >= 4 is 42.4 Å². The molecule has 9 heteroatoms. The maximum absolute atomic E-state index is 13.5. The molecule has 0 aliphatic heterocycles. The highest BCUT2D eigenvalue weighted by atomic mass is 32.2. The Balaban J connectivity index is 1.75. The molecule has 0 unspecified atom stereocenters. The van der Waals surface area contributed by atoms with Crippen molar-refractivity contribution in [2.45, 2.75) is 18.4 Å². The molecular formula is C23H21N3O4S2. The first-order valence-corrected chi connectivity index (χ1v) is 12.4. The number of thiazole rings is 1. The normalized spacial score (nSPS) is 11.4. The van der Waals surface area contributed by atoms with E-state index in [0.29, 0.717) is 27.7 Å². The third kappa shape index (κ3) is 4.35. The van der Waals surface area contributed by atoms with Crippen LogP contribution in [-0.2, 0) is 16.4 Å². The van der Waals surface area contributed by atoms with Crippen LogP contribution < -0.4 is 9.64 Å². The van der Waals surface area contributed by atoms with Crippen molar-refractivity contribution < 1.29 is 17.9 Å². The van der Waals surface area contributed by atoms with Crippen molar-refractivity contribution in [2.75, 3.05) is 17.8 Å². The molecule has 0 aliphatic rings. The average molecular weight is 468 g/mol. The Morgan fingerprint density at radius 3 is 2.50 bits per heavy atom. The van der Waals surface area contributed by atoms with Gasteiger partial charge < -0.3 is 4.74 Å². The van der Waals surface area contributed by atoms with Crippen LogP contribution in [0.2, 0.25) is 0 Å². The summed E-state index contributed by atoms with van der Waals surface area (Å²) in [4.78, 5) is 24.3. The minimum absolute atomic E-state index is 0.000365. The van der Waals surface area contributed by atoms with Gasteiger partial charge in [-0.2, -0.15) is 0 Å². The standard InChI is InChI=1S/C23H21N3O4S2/c1-3-32(28,29)18-12-10-16(11-13-18)22(27)26(15-17-7-4-5-14-24-17)23-25-21-19(30-2)8-6-9-20(21)31-23/h4-14H,3,15H2,1-2H3. The van der Waals surface area contributed by atoms with Gasteiger partial charge in [0.05, 0.1) is 34.7 Å². The summed E-state index contributed by atoms with van der Waals surface area (Å²) in [6.07, 6.45) is 1.67. The summed E-state index contributed by atoms with van der Waals surface area (Å²) in [5, 5.41) is 0.505. The van der Waals surface area contributed by atoms with E-state index in [1.165, 1.54) is 35.6 Å². The van der Waals surface area contributed by atoms with E-state index in [1.807, 2.05) is 36.4 Å². The minimum atomic E-state index is -3.35. The lowest BCUT2D eigenvalue weighted by Gasteiger charge is -2.19. The van der Waals surface area contributed by atoms with Gasteiger partial charge in [-0.25, -0.2) is 13.4 Å². The van der Waals surface area contributed by atoms with E-state index in [-0.39, 0.29) is 23.1 Å². The van der Waals surface area contributed by atoms with Crippen LogP contribution in [0.4, 0.5) is 5.13 Å². The fourth-order valence-electron chi connectivity index (χ4n) is 3.20. The van der Waals surface area contributed by atoms with Gasteiger partial charge in [-0.15, -0.1) is 0 Å². The fraction of sp³-hybridized carbons (Fsp3) is 0.174. The van der Waals surface area contributed by atoms with Crippen molar-refractivity contribution in [3.05, 3.63) is 78.1 Å². The second-order valence-corrected chi connectivity index (χ2v) is 10.2. The number of hydrogen-bond donors (Lipinski definition) is 0. The Morgan fingerprint density at radius 2 is 1.84 bits per heavy atom. The number of carbonyl (C=O) groups excluding carboxylic acids is 1. The Labute approximate surface area is 190 Å². The molecule has 4 rings (SSSR count). The number of sulfone groups is 1. The fourth-order valence-corrected chi connectivity index (χ4v) is 5.06. The number of para-hydroxylation sites is 1. The maximum atomic E-state index is 13.5. The van der Waals surface area contributed by atoms with Gasteiger partial charge in [0.1, 0.15) is 11.3 Å². The number of fused-ring (bicyclic) bond motifs is 1. The molecule has 2 aromatic heterocycles. The maximum Gasteiger partial charge on any atom is 0.260 e. The number of ether oxygens (including phenoxy) is 1. The SMILES string of the molecule is CCS(=O)(=O)c1ccc(C(=O)N(Cc2ccccn2)c2nc3c(OC)cccc3s2)cc1. The largest absolute Gasteiger partial charge is 0.494 e. The molecule has 32 heavy (non-hydrogen) atoms. The van der Waals surface area contributed by atoms with Gasteiger partial charge in [-0.05, 0) is 48.5 Å². The monoisotopic (exact) mass is 467 g/mol. The third-order valence-electron chi connectivity index (χ3n) is 4.95. The topological polar surface area (TPSA) is 89.5 Å². The van der Waals surface area contributed by atoms with E-state index in [1.54, 1.807) is 25.1 Å². The molecule has 0 radical (unpaired) electrons. The van der Waals surface area contributed by atoms with Gasteiger partial charge >= 0.3 is 0 Å².